The Labute approximate surface area is 92.3 Å². The quantitative estimate of drug-likeness (QED) is 0.662. The third-order valence-electron chi connectivity index (χ3n) is 2.54. The van der Waals surface area contributed by atoms with Crippen molar-refractivity contribution in [3.8, 4) is 0 Å². The molecule has 0 nitrogen and oxygen atoms in total. The van der Waals surface area contributed by atoms with Crippen molar-refractivity contribution >= 4 is 0 Å². The Hall–Kier alpha value is -1.06. The van der Waals surface area contributed by atoms with E-state index in [0.717, 1.165) is 18.9 Å². The van der Waals surface area contributed by atoms with Crippen molar-refractivity contribution in [3.63, 3.8) is 0 Å². The molecule has 0 unspecified atom stereocenters. The molecule has 0 aliphatic rings. The molecule has 0 aliphatic heterocycles. The van der Waals surface area contributed by atoms with Gasteiger partial charge in [-0.15, -0.1) is 0 Å². The molecule has 0 spiro atoms. The average molecular weight is 234 g/mol. The Kier molecular flexibility index (Phi) is 3.94. The van der Waals surface area contributed by atoms with Crippen molar-refractivity contribution in [3.05, 3.63) is 35.1 Å². The van der Waals surface area contributed by atoms with Gasteiger partial charge in [0, 0.05) is 0 Å². The van der Waals surface area contributed by atoms with E-state index in [1.165, 1.54) is 6.07 Å². The van der Waals surface area contributed by atoms with E-state index in [0.29, 0.717) is 11.6 Å². The molecule has 0 saturated carbocycles. The van der Waals surface area contributed by atoms with Crippen LogP contribution >= 0.6 is 0 Å². The van der Waals surface area contributed by atoms with E-state index in [2.05, 4.69) is 0 Å². The van der Waals surface area contributed by atoms with Crippen LogP contribution in [0.2, 0.25) is 0 Å². The van der Waals surface area contributed by atoms with Gasteiger partial charge in [-0.3, -0.25) is 0 Å². The van der Waals surface area contributed by atoms with Crippen LogP contribution in [0.3, 0.4) is 0 Å². The Morgan fingerprint density at radius 2 is 1.81 bits per heavy atom. The van der Waals surface area contributed by atoms with Crippen LogP contribution in [0.15, 0.2) is 18.2 Å². The van der Waals surface area contributed by atoms with Crippen molar-refractivity contribution in [2.24, 2.45) is 0 Å². The standard InChI is InChI=1S/C12H14F4/c1-3-4-8(2)9-5-10(12(14,15)16)7-11(13)6-9/h5-8H,3-4H2,1-2H3/t8-/m0/s1. The van der Waals surface area contributed by atoms with Gasteiger partial charge in [-0.2, -0.15) is 13.2 Å². The first kappa shape index (κ1) is 13.0. The van der Waals surface area contributed by atoms with Crippen molar-refractivity contribution in [2.45, 2.75) is 38.8 Å². The van der Waals surface area contributed by atoms with Crippen molar-refractivity contribution in [1.29, 1.82) is 0 Å². The van der Waals surface area contributed by atoms with Crippen LogP contribution in [0.4, 0.5) is 17.6 Å². The summed E-state index contributed by atoms with van der Waals surface area (Å²) < 4.78 is 50.4. The molecular formula is C12H14F4. The summed E-state index contributed by atoms with van der Waals surface area (Å²) in [6.07, 6.45) is -2.87. The van der Waals surface area contributed by atoms with Crippen molar-refractivity contribution in [2.75, 3.05) is 0 Å². The highest BCUT2D eigenvalue weighted by Gasteiger charge is 2.31. The van der Waals surface area contributed by atoms with Crippen LogP contribution in [0.1, 0.15) is 43.7 Å². The second kappa shape index (κ2) is 4.85. The van der Waals surface area contributed by atoms with Crippen LogP contribution in [-0.2, 0) is 6.18 Å². The molecule has 90 valence electrons. The van der Waals surface area contributed by atoms with E-state index < -0.39 is 17.6 Å². The van der Waals surface area contributed by atoms with Crippen LogP contribution in [0.5, 0.6) is 0 Å². The molecule has 0 N–H and O–H groups in total. The second-order valence-corrected chi connectivity index (χ2v) is 3.96. The van der Waals surface area contributed by atoms with Gasteiger partial charge in [0.2, 0.25) is 0 Å². The number of alkyl halides is 3. The second-order valence-electron chi connectivity index (χ2n) is 3.96. The van der Waals surface area contributed by atoms with Gasteiger partial charge in [-0.1, -0.05) is 20.3 Å². The molecule has 16 heavy (non-hydrogen) atoms. The third kappa shape index (κ3) is 3.22. The average Bonchev–Trinajstić information content (AvgIpc) is 2.16. The number of benzene rings is 1. The van der Waals surface area contributed by atoms with Gasteiger partial charge in [0.05, 0.1) is 5.56 Å². The topological polar surface area (TPSA) is 0 Å². The summed E-state index contributed by atoms with van der Waals surface area (Å²) in [5.74, 6) is -0.880. The molecule has 1 aromatic carbocycles. The molecule has 0 heterocycles. The summed E-state index contributed by atoms with van der Waals surface area (Å²) in [6.45, 7) is 3.75. The predicted octanol–water partition coefficient (Wildman–Crippen LogP) is 4.75. The summed E-state index contributed by atoms with van der Waals surface area (Å²) in [7, 11) is 0. The first-order chi connectivity index (χ1) is 7.34. The van der Waals surface area contributed by atoms with Gasteiger partial charge in [-0.25, -0.2) is 4.39 Å². The summed E-state index contributed by atoms with van der Waals surface area (Å²) in [5.41, 5.74) is -0.500. The molecule has 0 aromatic heterocycles. The van der Waals surface area contributed by atoms with E-state index in [1.807, 2.05) is 6.92 Å². The van der Waals surface area contributed by atoms with Gasteiger partial charge in [0.25, 0.3) is 0 Å². The molecule has 1 atom stereocenters. The van der Waals surface area contributed by atoms with Gasteiger partial charge in [0.15, 0.2) is 0 Å². The summed E-state index contributed by atoms with van der Waals surface area (Å²) in [6, 6.07) is 2.74. The normalized spacial score (nSPS) is 13.9. The van der Waals surface area contributed by atoms with Gasteiger partial charge in [-0.05, 0) is 36.1 Å². The fourth-order valence-electron chi connectivity index (χ4n) is 1.66. The predicted molar refractivity (Wildman–Crippen MR) is 54.7 cm³/mol. The molecule has 0 saturated heterocycles. The zero-order valence-corrected chi connectivity index (χ0v) is 9.24. The van der Waals surface area contributed by atoms with Crippen LogP contribution < -0.4 is 0 Å². The summed E-state index contributed by atoms with van der Waals surface area (Å²) in [4.78, 5) is 0. The van der Waals surface area contributed by atoms with E-state index in [9.17, 15) is 17.6 Å². The molecule has 0 aliphatic carbocycles. The molecule has 4 heteroatoms. The van der Waals surface area contributed by atoms with Crippen LogP contribution in [-0.4, -0.2) is 0 Å². The van der Waals surface area contributed by atoms with Crippen LogP contribution in [0.25, 0.3) is 0 Å². The number of hydrogen-bond acceptors (Lipinski definition) is 0. The molecule has 0 amide bonds. The first-order valence-corrected chi connectivity index (χ1v) is 5.22. The summed E-state index contributed by atoms with van der Waals surface area (Å²) in [5, 5.41) is 0. The van der Waals surface area contributed by atoms with Crippen molar-refractivity contribution in [1.82, 2.24) is 0 Å². The third-order valence-corrected chi connectivity index (χ3v) is 2.54. The van der Waals surface area contributed by atoms with Gasteiger partial charge in [0.1, 0.15) is 5.82 Å². The highest BCUT2D eigenvalue weighted by Crippen LogP contribution is 2.32. The number of halogens is 4. The van der Waals surface area contributed by atoms with E-state index >= 15 is 0 Å². The lowest BCUT2D eigenvalue weighted by Gasteiger charge is -2.14. The van der Waals surface area contributed by atoms with Crippen molar-refractivity contribution < 1.29 is 17.6 Å². The lowest BCUT2D eigenvalue weighted by atomic mass is 9.95. The Balaban J connectivity index is 3.08. The largest absolute Gasteiger partial charge is 0.416 e. The molecule has 0 bridgehead atoms. The maximum Gasteiger partial charge on any atom is 0.416 e. The number of hydrogen-bond donors (Lipinski definition) is 0. The monoisotopic (exact) mass is 234 g/mol. The fourth-order valence-corrected chi connectivity index (χ4v) is 1.66. The minimum absolute atomic E-state index is 0.0539. The zero-order valence-electron chi connectivity index (χ0n) is 9.24. The Morgan fingerprint density at radius 1 is 1.19 bits per heavy atom. The molecule has 1 aromatic rings. The lowest BCUT2D eigenvalue weighted by molar-refractivity contribution is -0.137. The highest BCUT2D eigenvalue weighted by atomic mass is 19.4. The maximum atomic E-state index is 13.1. The first-order valence-electron chi connectivity index (χ1n) is 5.22. The fraction of sp³-hybridized carbons (Fsp3) is 0.500. The molecule has 1 rings (SSSR count). The summed E-state index contributed by atoms with van der Waals surface area (Å²) >= 11 is 0. The maximum absolute atomic E-state index is 13.1. The smallest absolute Gasteiger partial charge is 0.207 e. The SMILES string of the molecule is CCC[C@H](C)c1cc(F)cc(C(F)(F)F)c1. The van der Waals surface area contributed by atoms with E-state index in [1.54, 1.807) is 6.92 Å². The van der Waals surface area contributed by atoms with E-state index in [-0.39, 0.29) is 5.92 Å². The molecular weight excluding hydrogens is 220 g/mol. The minimum atomic E-state index is -4.48. The van der Waals surface area contributed by atoms with Crippen LogP contribution in [0, 0.1) is 5.82 Å². The van der Waals surface area contributed by atoms with E-state index in [4.69, 9.17) is 0 Å². The highest BCUT2D eigenvalue weighted by molar-refractivity contribution is 5.29. The van der Waals surface area contributed by atoms with Gasteiger partial charge >= 0.3 is 6.18 Å². The van der Waals surface area contributed by atoms with Gasteiger partial charge < -0.3 is 0 Å². The molecule has 0 fully saturated rings. The lowest BCUT2D eigenvalue weighted by Crippen LogP contribution is -2.07. The Morgan fingerprint density at radius 3 is 2.31 bits per heavy atom. The minimum Gasteiger partial charge on any atom is -0.207 e. The zero-order chi connectivity index (χ0) is 12.3. The Bertz CT molecular complexity index is 355. The molecule has 0 radical (unpaired) electrons. The number of rotatable bonds is 3.